The molecular formula is C19H21BrN2O2. The molecule has 0 saturated heterocycles. The molecule has 0 saturated carbocycles. The molecule has 0 aliphatic heterocycles. The lowest BCUT2D eigenvalue weighted by Crippen LogP contribution is -2.37. The van der Waals surface area contributed by atoms with Crippen molar-refractivity contribution in [3.8, 4) is 0 Å². The van der Waals surface area contributed by atoms with Crippen molar-refractivity contribution >= 4 is 33.4 Å². The molecule has 2 rings (SSSR count). The molecule has 2 aromatic rings. The van der Waals surface area contributed by atoms with Crippen LogP contribution in [0.3, 0.4) is 0 Å². The Bertz CT molecular complexity index is 702. The van der Waals surface area contributed by atoms with Crippen LogP contribution in [0.25, 0.3) is 0 Å². The predicted octanol–water partition coefficient (Wildman–Crippen LogP) is 4.29. The van der Waals surface area contributed by atoms with Crippen LogP contribution in [-0.2, 0) is 9.59 Å². The third kappa shape index (κ3) is 5.49. The predicted molar refractivity (Wildman–Crippen MR) is 99.6 cm³/mol. The Morgan fingerprint density at radius 1 is 1.04 bits per heavy atom. The minimum atomic E-state index is -0.726. The summed E-state index contributed by atoms with van der Waals surface area (Å²) in [6.45, 7) is 3.94. The lowest BCUT2D eigenvalue weighted by atomic mass is 10.0. The van der Waals surface area contributed by atoms with Crippen molar-refractivity contribution < 1.29 is 9.59 Å². The van der Waals surface area contributed by atoms with Crippen LogP contribution in [0.5, 0.6) is 0 Å². The van der Waals surface area contributed by atoms with Crippen molar-refractivity contribution in [3.05, 3.63) is 64.6 Å². The number of hydrogen-bond acceptors (Lipinski definition) is 2. The highest BCUT2D eigenvalue weighted by Crippen LogP contribution is 2.19. The summed E-state index contributed by atoms with van der Waals surface area (Å²) in [5.41, 5.74) is 1.43. The molecule has 2 amide bonds. The Hall–Kier alpha value is -2.14. The Morgan fingerprint density at radius 3 is 2.38 bits per heavy atom. The molecule has 0 bridgehead atoms. The van der Waals surface area contributed by atoms with Gasteiger partial charge >= 0.3 is 0 Å². The topological polar surface area (TPSA) is 58.2 Å². The standard InChI is InChI=1S/C19H21BrN2O2/c1-13(2)11-17(23)22-18(14-7-4-3-5-8-14)19(24)21-16-10-6-9-15(20)12-16/h3-10,12-13,18H,11H2,1-2H3,(H,21,24)(H,22,23). The van der Waals surface area contributed by atoms with Gasteiger partial charge in [0.25, 0.3) is 5.91 Å². The molecule has 1 unspecified atom stereocenters. The van der Waals surface area contributed by atoms with E-state index in [1.165, 1.54) is 0 Å². The van der Waals surface area contributed by atoms with Crippen LogP contribution < -0.4 is 10.6 Å². The van der Waals surface area contributed by atoms with Crippen molar-refractivity contribution in [2.75, 3.05) is 5.32 Å². The van der Waals surface area contributed by atoms with Crippen LogP contribution in [0.4, 0.5) is 5.69 Å². The van der Waals surface area contributed by atoms with E-state index in [1.54, 1.807) is 6.07 Å². The summed E-state index contributed by atoms with van der Waals surface area (Å²) < 4.78 is 0.875. The average molecular weight is 389 g/mol. The third-order valence-electron chi connectivity index (χ3n) is 3.39. The lowest BCUT2D eigenvalue weighted by Gasteiger charge is -2.19. The zero-order valence-corrected chi connectivity index (χ0v) is 15.3. The first kappa shape index (κ1) is 18.2. The quantitative estimate of drug-likeness (QED) is 0.775. The summed E-state index contributed by atoms with van der Waals surface area (Å²) in [6, 6.07) is 15.9. The van der Waals surface area contributed by atoms with E-state index in [2.05, 4.69) is 26.6 Å². The van der Waals surface area contributed by atoms with Gasteiger partial charge in [-0.25, -0.2) is 0 Å². The second kappa shape index (κ2) is 8.64. The van der Waals surface area contributed by atoms with Crippen molar-refractivity contribution in [3.63, 3.8) is 0 Å². The van der Waals surface area contributed by atoms with E-state index in [0.29, 0.717) is 12.1 Å². The second-order valence-corrected chi connectivity index (χ2v) is 6.92. The Labute approximate surface area is 150 Å². The fourth-order valence-corrected chi connectivity index (χ4v) is 2.72. The first-order chi connectivity index (χ1) is 11.5. The fraction of sp³-hybridized carbons (Fsp3) is 0.263. The van der Waals surface area contributed by atoms with E-state index in [4.69, 9.17) is 0 Å². The van der Waals surface area contributed by atoms with Crippen molar-refractivity contribution in [2.24, 2.45) is 5.92 Å². The highest BCUT2D eigenvalue weighted by atomic mass is 79.9. The van der Waals surface area contributed by atoms with E-state index >= 15 is 0 Å². The minimum absolute atomic E-state index is 0.136. The van der Waals surface area contributed by atoms with Gasteiger partial charge in [-0.2, -0.15) is 0 Å². The first-order valence-corrected chi connectivity index (χ1v) is 8.65. The average Bonchev–Trinajstić information content (AvgIpc) is 2.52. The summed E-state index contributed by atoms with van der Waals surface area (Å²) in [4.78, 5) is 24.9. The van der Waals surface area contributed by atoms with Crippen LogP contribution in [0, 0.1) is 5.92 Å². The molecule has 5 heteroatoms. The SMILES string of the molecule is CC(C)CC(=O)NC(C(=O)Nc1cccc(Br)c1)c1ccccc1. The van der Waals surface area contributed by atoms with Gasteiger partial charge in [-0.3, -0.25) is 9.59 Å². The number of nitrogens with one attached hydrogen (secondary N) is 2. The summed E-state index contributed by atoms with van der Waals surface area (Å²) in [5.74, 6) is -0.172. The molecule has 2 N–H and O–H groups in total. The van der Waals surface area contributed by atoms with Gasteiger partial charge in [0.1, 0.15) is 6.04 Å². The van der Waals surface area contributed by atoms with Crippen LogP contribution in [0.2, 0.25) is 0 Å². The first-order valence-electron chi connectivity index (χ1n) is 7.86. The molecule has 0 aliphatic rings. The summed E-state index contributed by atoms with van der Waals surface area (Å²) >= 11 is 3.38. The van der Waals surface area contributed by atoms with Gasteiger partial charge < -0.3 is 10.6 Å². The molecule has 0 radical (unpaired) electrons. The molecule has 0 spiro atoms. The summed E-state index contributed by atoms with van der Waals surface area (Å²) in [5, 5.41) is 5.69. The monoisotopic (exact) mass is 388 g/mol. The lowest BCUT2D eigenvalue weighted by molar-refractivity contribution is -0.127. The fourth-order valence-electron chi connectivity index (χ4n) is 2.32. The van der Waals surface area contributed by atoms with Crippen molar-refractivity contribution in [2.45, 2.75) is 26.3 Å². The number of amides is 2. The van der Waals surface area contributed by atoms with Gasteiger partial charge in [-0.1, -0.05) is 66.2 Å². The number of hydrogen-bond donors (Lipinski definition) is 2. The molecular weight excluding hydrogens is 368 g/mol. The molecule has 1 atom stereocenters. The molecule has 0 aliphatic carbocycles. The van der Waals surface area contributed by atoms with Gasteiger partial charge in [0, 0.05) is 16.6 Å². The van der Waals surface area contributed by atoms with E-state index in [0.717, 1.165) is 10.0 Å². The van der Waals surface area contributed by atoms with E-state index in [9.17, 15) is 9.59 Å². The molecule has 4 nitrogen and oxygen atoms in total. The van der Waals surface area contributed by atoms with Gasteiger partial charge in [0.05, 0.1) is 0 Å². The second-order valence-electron chi connectivity index (χ2n) is 6.01. The van der Waals surface area contributed by atoms with Gasteiger partial charge in [-0.15, -0.1) is 0 Å². The molecule has 0 aromatic heterocycles. The summed E-state index contributed by atoms with van der Waals surface area (Å²) in [6.07, 6.45) is 0.382. The Balaban J connectivity index is 2.18. The maximum atomic E-state index is 12.7. The largest absolute Gasteiger partial charge is 0.341 e. The Kier molecular flexibility index (Phi) is 6.55. The van der Waals surface area contributed by atoms with Crippen molar-refractivity contribution in [1.29, 1.82) is 0 Å². The minimum Gasteiger partial charge on any atom is -0.341 e. The number of carbonyl (C=O) groups is 2. The van der Waals surface area contributed by atoms with Gasteiger partial charge in [0.2, 0.25) is 5.91 Å². The zero-order chi connectivity index (χ0) is 17.5. The molecule has 0 fully saturated rings. The Morgan fingerprint density at radius 2 is 1.75 bits per heavy atom. The summed E-state index contributed by atoms with van der Waals surface area (Å²) in [7, 11) is 0. The molecule has 0 heterocycles. The maximum absolute atomic E-state index is 12.7. The highest BCUT2D eigenvalue weighted by molar-refractivity contribution is 9.10. The highest BCUT2D eigenvalue weighted by Gasteiger charge is 2.23. The van der Waals surface area contributed by atoms with E-state index in [1.807, 2.05) is 62.4 Å². The number of halogens is 1. The number of anilines is 1. The van der Waals surface area contributed by atoms with Gasteiger partial charge in [0.15, 0.2) is 0 Å². The molecule has 126 valence electrons. The molecule has 24 heavy (non-hydrogen) atoms. The number of benzene rings is 2. The third-order valence-corrected chi connectivity index (χ3v) is 3.88. The smallest absolute Gasteiger partial charge is 0.251 e. The van der Waals surface area contributed by atoms with Crippen LogP contribution in [0.15, 0.2) is 59.1 Å². The van der Waals surface area contributed by atoms with Crippen molar-refractivity contribution in [1.82, 2.24) is 5.32 Å². The van der Waals surface area contributed by atoms with Gasteiger partial charge in [-0.05, 0) is 29.7 Å². The van der Waals surface area contributed by atoms with Crippen LogP contribution in [0.1, 0.15) is 31.9 Å². The maximum Gasteiger partial charge on any atom is 0.251 e. The zero-order valence-electron chi connectivity index (χ0n) is 13.8. The number of rotatable bonds is 6. The normalized spacial score (nSPS) is 11.8. The molecule has 2 aromatic carbocycles. The number of carbonyl (C=O) groups excluding carboxylic acids is 2. The van der Waals surface area contributed by atoms with Crippen LogP contribution in [-0.4, -0.2) is 11.8 Å². The van der Waals surface area contributed by atoms with Crippen LogP contribution >= 0.6 is 15.9 Å². The van der Waals surface area contributed by atoms with E-state index in [-0.39, 0.29) is 17.7 Å². The van der Waals surface area contributed by atoms with E-state index < -0.39 is 6.04 Å².